The van der Waals surface area contributed by atoms with Crippen molar-refractivity contribution in [1.82, 2.24) is 15.1 Å². The molecule has 5 nitrogen and oxygen atoms in total. The van der Waals surface area contributed by atoms with Gasteiger partial charge in [-0.2, -0.15) is 0 Å². The standard InChI is InChI=1S/C6H9N3O2S/c1-4(2)11-8-6(10)5-3-12-9-7-5/h3-4H,1-2H3,(H,8,10). The van der Waals surface area contributed by atoms with Crippen LogP contribution < -0.4 is 5.48 Å². The lowest BCUT2D eigenvalue weighted by Gasteiger charge is -2.05. The van der Waals surface area contributed by atoms with Gasteiger partial charge < -0.3 is 0 Å². The summed E-state index contributed by atoms with van der Waals surface area (Å²) in [6, 6.07) is 0. The van der Waals surface area contributed by atoms with Crippen molar-refractivity contribution in [3.63, 3.8) is 0 Å². The highest BCUT2D eigenvalue weighted by atomic mass is 32.1. The molecule has 1 N–H and O–H groups in total. The van der Waals surface area contributed by atoms with E-state index in [2.05, 4.69) is 15.1 Å². The lowest BCUT2D eigenvalue weighted by molar-refractivity contribution is -0.000136. The predicted octanol–water partition coefficient (Wildman–Crippen LogP) is 0.608. The van der Waals surface area contributed by atoms with E-state index in [9.17, 15) is 4.79 Å². The Hall–Kier alpha value is -1.01. The van der Waals surface area contributed by atoms with Crippen LogP contribution in [-0.4, -0.2) is 21.6 Å². The molecule has 0 spiro atoms. The first-order valence-corrected chi connectivity index (χ1v) is 4.27. The summed E-state index contributed by atoms with van der Waals surface area (Å²) in [7, 11) is 0. The lowest BCUT2D eigenvalue weighted by Crippen LogP contribution is -2.27. The molecular formula is C6H9N3O2S. The molecule has 1 aromatic rings. The smallest absolute Gasteiger partial charge is 0.271 e. The monoisotopic (exact) mass is 187 g/mol. The Labute approximate surface area is 73.9 Å². The first kappa shape index (κ1) is 9.08. The van der Waals surface area contributed by atoms with Gasteiger partial charge in [0.1, 0.15) is 0 Å². The SMILES string of the molecule is CC(C)ONC(=O)c1csnn1. The van der Waals surface area contributed by atoms with Crippen molar-refractivity contribution in [3.05, 3.63) is 11.1 Å². The van der Waals surface area contributed by atoms with Gasteiger partial charge in [0, 0.05) is 5.38 Å². The molecule has 0 aliphatic carbocycles. The normalized spacial score (nSPS) is 10.2. The molecule has 0 aromatic carbocycles. The minimum absolute atomic E-state index is 0.0412. The summed E-state index contributed by atoms with van der Waals surface area (Å²) in [5.41, 5.74) is 2.53. The summed E-state index contributed by atoms with van der Waals surface area (Å²) in [4.78, 5) is 15.9. The molecule has 0 fully saturated rings. The number of carbonyl (C=O) groups is 1. The van der Waals surface area contributed by atoms with Crippen LogP contribution in [0.2, 0.25) is 0 Å². The van der Waals surface area contributed by atoms with Crippen LogP contribution in [0.1, 0.15) is 24.3 Å². The molecule has 0 radical (unpaired) electrons. The third-order valence-corrected chi connectivity index (χ3v) is 1.48. The van der Waals surface area contributed by atoms with Gasteiger partial charge in [0.2, 0.25) is 0 Å². The van der Waals surface area contributed by atoms with Crippen LogP contribution in [0.3, 0.4) is 0 Å². The molecule has 0 aliphatic rings. The molecule has 12 heavy (non-hydrogen) atoms. The molecule has 0 unspecified atom stereocenters. The second-order valence-electron chi connectivity index (χ2n) is 2.39. The molecule has 0 saturated carbocycles. The van der Waals surface area contributed by atoms with Gasteiger partial charge in [-0.3, -0.25) is 9.63 Å². The number of nitrogens with zero attached hydrogens (tertiary/aromatic N) is 2. The van der Waals surface area contributed by atoms with E-state index in [1.807, 2.05) is 13.8 Å². The second-order valence-corrected chi connectivity index (χ2v) is 3.00. The first-order valence-electron chi connectivity index (χ1n) is 3.43. The Morgan fingerprint density at radius 1 is 1.75 bits per heavy atom. The van der Waals surface area contributed by atoms with E-state index >= 15 is 0 Å². The van der Waals surface area contributed by atoms with Crippen LogP contribution in [0, 0.1) is 0 Å². The number of nitrogens with one attached hydrogen (secondary N) is 1. The minimum Gasteiger partial charge on any atom is -0.271 e. The number of hydroxylamine groups is 1. The van der Waals surface area contributed by atoms with Crippen molar-refractivity contribution in [2.24, 2.45) is 0 Å². The first-order chi connectivity index (χ1) is 5.70. The zero-order valence-corrected chi connectivity index (χ0v) is 7.59. The summed E-state index contributed by atoms with van der Waals surface area (Å²) in [6.07, 6.45) is -0.0412. The van der Waals surface area contributed by atoms with Crippen molar-refractivity contribution >= 4 is 17.4 Å². The van der Waals surface area contributed by atoms with E-state index < -0.39 is 0 Å². The van der Waals surface area contributed by atoms with Crippen molar-refractivity contribution in [2.45, 2.75) is 20.0 Å². The Bertz CT molecular complexity index is 247. The molecule has 0 bridgehead atoms. The van der Waals surface area contributed by atoms with Crippen LogP contribution in [-0.2, 0) is 4.84 Å². The predicted molar refractivity (Wildman–Crippen MR) is 43.6 cm³/mol. The summed E-state index contributed by atoms with van der Waals surface area (Å²) in [6.45, 7) is 3.64. The summed E-state index contributed by atoms with van der Waals surface area (Å²) in [5.74, 6) is -0.363. The summed E-state index contributed by atoms with van der Waals surface area (Å²) >= 11 is 1.12. The van der Waals surface area contributed by atoms with Crippen LogP contribution in [0.15, 0.2) is 5.38 Å². The van der Waals surface area contributed by atoms with Crippen molar-refractivity contribution in [3.8, 4) is 0 Å². The van der Waals surface area contributed by atoms with E-state index in [1.165, 1.54) is 0 Å². The molecule has 1 rings (SSSR count). The van der Waals surface area contributed by atoms with Crippen LogP contribution >= 0.6 is 11.5 Å². The average Bonchev–Trinajstić information content (AvgIpc) is 2.51. The van der Waals surface area contributed by atoms with E-state index in [0.717, 1.165) is 11.5 Å². The van der Waals surface area contributed by atoms with Crippen LogP contribution in [0.25, 0.3) is 0 Å². The van der Waals surface area contributed by atoms with Crippen molar-refractivity contribution < 1.29 is 9.63 Å². The second kappa shape index (κ2) is 4.13. The summed E-state index contributed by atoms with van der Waals surface area (Å²) < 4.78 is 3.55. The number of aromatic nitrogens is 2. The van der Waals surface area contributed by atoms with Gasteiger partial charge in [-0.1, -0.05) is 4.49 Å². The van der Waals surface area contributed by atoms with Gasteiger partial charge in [-0.15, -0.1) is 5.10 Å². The van der Waals surface area contributed by atoms with Gasteiger partial charge in [0.25, 0.3) is 5.91 Å². The van der Waals surface area contributed by atoms with Crippen molar-refractivity contribution in [2.75, 3.05) is 0 Å². The Balaban J connectivity index is 2.40. The van der Waals surface area contributed by atoms with Crippen LogP contribution in [0.4, 0.5) is 0 Å². The molecule has 66 valence electrons. The number of hydrogen-bond acceptors (Lipinski definition) is 5. The maximum absolute atomic E-state index is 11.1. The maximum Gasteiger partial charge on any atom is 0.296 e. The Morgan fingerprint density at radius 3 is 3.00 bits per heavy atom. The summed E-state index contributed by atoms with van der Waals surface area (Å²) in [5, 5.41) is 5.13. The van der Waals surface area contributed by atoms with E-state index in [1.54, 1.807) is 5.38 Å². The fraction of sp³-hybridized carbons (Fsp3) is 0.500. The lowest BCUT2D eigenvalue weighted by atomic mass is 10.5. The average molecular weight is 187 g/mol. The fourth-order valence-electron chi connectivity index (χ4n) is 0.487. The van der Waals surface area contributed by atoms with Gasteiger partial charge in [0.15, 0.2) is 5.69 Å². The molecular weight excluding hydrogens is 178 g/mol. The van der Waals surface area contributed by atoms with E-state index in [0.29, 0.717) is 0 Å². The molecule has 1 amide bonds. The number of rotatable bonds is 3. The van der Waals surface area contributed by atoms with Crippen LogP contribution in [0.5, 0.6) is 0 Å². The largest absolute Gasteiger partial charge is 0.296 e. The van der Waals surface area contributed by atoms with Gasteiger partial charge >= 0.3 is 0 Å². The topological polar surface area (TPSA) is 64.1 Å². The molecule has 1 heterocycles. The van der Waals surface area contributed by atoms with Gasteiger partial charge in [0.05, 0.1) is 6.10 Å². The highest BCUT2D eigenvalue weighted by molar-refractivity contribution is 7.03. The third kappa shape index (κ3) is 2.55. The zero-order chi connectivity index (χ0) is 8.97. The van der Waals surface area contributed by atoms with Gasteiger partial charge in [-0.05, 0) is 25.4 Å². The minimum atomic E-state index is -0.363. The Morgan fingerprint density at radius 2 is 2.50 bits per heavy atom. The number of carbonyl (C=O) groups excluding carboxylic acids is 1. The van der Waals surface area contributed by atoms with E-state index in [-0.39, 0.29) is 17.7 Å². The fourth-order valence-corrected chi connectivity index (χ4v) is 0.923. The quantitative estimate of drug-likeness (QED) is 0.704. The highest BCUT2D eigenvalue weighted by Crippen LogP contribution is 1.96. The maximum atomic E-state index is 11.1. The highest BCUT2D eigenvalue weighted by Gasteiger charge is 2.08. The van der Waals surface area contributed by atoms with Crippen molar-refractivity contribution in [1.29, 1.82) is 0 Å². The third-order valence-electron chi connectivity index (χ3n) is 0.980. The molecule has 0 atom stereocenters. The molecule has 6 heteroatoms. The molecule has 0 aliphatic heterocycles. The Kier molecular flexibility index (Phi) is 3.12. The zero-order valence-electron chi connectivity index (χ0n) is 6.77. The van der Waals surface area contributed by atoms with E-state index in [4.69, 9.17) is 4.84 Å². The molecule has 1 aromatic heterocycles. The van der Waals surface area contributed by atoms with Gasteiger partial charge in [-0.25, -0.2) is 5.48 Å². The molecule has 0 saturated heterocycles. The number of hydrogen-bond donors (Lipinski definition) is 1. The number of amides is 1.